The second kappa shape index (κ2) is 5.53. The van der Waals surface area contributed by atoms with Gasteiger partial charge in [0.25, 0.3) is 0 Å². The number of imidazole rings is 1. The largest absolute Gasteiger partial charge is 0.389 e. The summed E-state index contributed by atoms with van der Waals surface area (Å²) < 4.78 is 15.6. The van der Waals surface area contributed by atoms with Crippen molar-refractivity contribution in [1.82, 2.24) is 9.55 Å². The van der Waals surface area contributed by atoms with Crippen molar-refractivity contribution in [3.8, 4) is 5.69 Å². The zero-order valence-corrected chi connectivity index (χ0v) is 11.5. The Morgan fingerprint density at radius 3 is 2.79 bits per heavy atom. The molecule has 0 saturated heterocycles. The lowest BCUT2D eigenvalue weighted by Gasteiger charge is -2.16. The van der Waals surface area contributed by atoms with E-state index in [0.717, 1.165) is 24.4 Å². The fraction of sp³-hybridized carbons (Fsp3) is 0.400. The molecule has 0 fully saturated rings. The molecule has 0 bridgehead atoms. The van der Waals surface area contributed by atoms with Gasteiger partial charge in [-0.05, 0) is 38.0 Å². The number of aliphatic hydroxyl groups excluding tert-OH is 1. The lowest BCUT2D eigenvalue weighted by Crippen LogP contribution is -2.07. The van der Waals surface area contributed by atoms with Crippen LogP contribution in [0.4, 0.5) is 4.39 Å². The molecule has 0 aliphatic carbocycles. The van der Waals surface area contributed by atoms with Crippen LogP contribution in [-0.4, -0.2) is 14.7 Å². The van der Waals surface area contributed by atoms with Crippen molar-refractivity contribution in [2.75, 3.05) is 0 Å². The minimum absolute atomic E-state index is 0.295. The molecule has 1 atom stereocenters. The first-order valence-electron chi connectivity index (χ1n) is 6.55. The predicted molar refractivity (Wildman–Crippen MR) is 72.9 cm³/mol. The fourth-order valence-electron chi connectivity index (χ4n) is 2.19. The summed E-state index contributed by atoms with van der Waals surface area (Å²) >= 11 is 0. The molecular formula is C15H19FN2O. The topological polar surface area (TPSA) is 38.0 Å². The second-order valence-corrected chi connectivity index (χ2v) is 4.80. The molecule has 102 valence electrons. The van der Waals surface area contributed by atoms with Gasteiger partial charge in [0.1, 0.15) is 11.6 Å². The van der Waals surface area contributed by atoms with Gasteiger partial charge in [0.05, 0.1) is 11.8 Å². The molecule has 19 heavy (non-hydrogen) atoms. The van der Waals surface area contributed by atoms with Gasteiger partial charge in [-0.1, -0.05) is 6.92 Å². The summed E-state index contributed by atoms with van der Waals surface area (Å²) in [7, 11) is 0. The molecule has 0 amide bonds. The van der Waals surface area contributed by atoms with E-state index in [1.54, 1.807) is 26.1 Å². The van der Waals surface area contributed by atoms with Crippen molar-refractivity contribution in [3.05, 3.63) is 47.3 Å². The quantitative estimate of drug-likeness (QED) is 0.917. The highest BCUT2D eigenvalue weighted by atomic mass is 19.1. The minimum Gasteiger partial charge on any atom is -0.389 e. The smallest absolute Gasteiger partial charge is 0.126 e. The van der Waals surface area contributed by atoms with E-state index in [1.807, 2.05) is 10.8 Å². The van der Waals surface area contributed by atoms with Gasteiger partial charge in [0.2, 0.25) is 0 Å². The summed E-state index contributed by atoms with van der Waals surface area (Å²) in [5.74, 6) is 0.632. The predicted octanol–water partition coefficient (Wildman–Crippen LogP) is 3.33. The maximum Gasteiger partial charge on any atom is 0.126 e. The molecule has 0 radical (unpaired) electrons. The molecule has 0 aliphatic rings. The van der Waals surface area contributed by atoms with Crippen molar-refractivity contribution in [1.29, 1.82) is 0 Å². The molecule has 1 unspecified atom stereocenters. The Balaban J connectivity index is 2.60. The van der Waals surface area contributed by atoms with Crippen LogP contribution in [-0.2, 0) is 6.42 Å². The van der Waals surface area contributed by atoms with Crippen LogP contribution in [0.3, 0.4) is 0 Å². The number of nitrogens with zero attached hydrogens (tertiary/aromatic N) is 2. The van der Waals surface area contributed by atoms with Crippen LogP contribution in [0.1, 0.15) is 43.3 Å². The molecule has 2 aromatic rings. The Morgan fingerprint density at radius 2 is 2.16 bits per heavy atom. The maximum atomic E-state index is 13.7. The fourth-order valence-corrected chi connectivity index (χ4v) is 2.19. The SMILES string of the molecule is CCCc1nccn1-c1cc(C)c(F)cc1C(C)O. The van der Waals surface area contributed by atoms with E-state index in [2.05, 4.69) is 11.9 Å². The number of rotatable bonds is 4. The third kappa shape index (κ3) is 2.68. The van der Waals surface area contributed by atoms with Crippen LogP contribution < -0.4 is 0 Å². The average molecular weight is 262 g/mol. The standard InChI is InChI=1S/C15H19FN2O/c1-4-5-15-17-6-7-18(15)14-8-10(2)13(16)9-12(14)11(3)19/h6-9,11,19H,4-5H2,1-3H3. The maximum absolute atomic E-state index is 13.7. The number of hydrogen-bond acceptors (Lipinski definition) is 2. The Kier molecular flexibility index (Phi) is 4.00. The zero-order valence-electron chi connectivity index (χ0n) is 11.5. The first kappa shape index (κ1) is 13.7. The first-order valence-corrected chi connectivity index (χ1v) is 6.55. The lowest BCUT2D eigenvalue weighted by atomic mass is 10.0. The highest BCUT2D eigenvalue weighted by Crippen LogP contribution is 2.26. The van der Waals surface area contributed by atoms with Gasteiger partial charge >= 0.3 is 0 Å². The number of aromatic nitrogens is 2. The lowest BCUT2D eigenvalue weighted by molar-refractivity contribution is 0.198. The van der Waals surface area contributed by atoms with Crippen LogP contribution in [0.2, 0.25) is 0 Å². The monoisotopic (exact) mass is 262 g/mol. The minimum atomic E-state index is -0.720. The zero-order chi connectivity index (χ0) is 14.0. The summed E-state index contributed by atoms with van der Waals surface area (Å²) in [6, 6.07) is 3.17. The number of hydrogen-bond donors (Lipinski definition) is 1. The Hall–Kier alpha value is -1.68. The van der Waals surface area contributed by atoms with E-state index < -0.39 is 6.10 Å². The molecular weight excluding hydrogens is 243 g/mol. The van der Waals surface area contributed by atoms with Gasteiger partial charge in [-0.25, -0.2) is 9.37 Å². The highest BCUT2D eigenvalue weighted by Gasteiger charge is 2.15. The van der Waals surface area contributed by atoms with Gasteiger partial charge in [0.15, 0.2) is 0 Å². The molecule has 2 rings (SSSR count). The molecule has 3 nitrogen and oxygen atoms in total. The first-order chi connectivity index (χ1) is 9.04. The van der Waals surface area contributed by atoms with E-state index in [9.17, 15) is 9.50 Å². The van der Waals surface area contributed by atoms with Gasteiger partial charge in [0, 0.05) is 24.4 Å². The number of aliphatic hydroxyl groups is 1. The van der Waals surface area contributed by atoms with Crippen molar-refractivity contribution < 1.29 is 9.50 Å². The van der Waals surface area contributed by atoms with E-state index in [1.165, 1.54) is 6.07 Å². The summed E-state index contributed by atoms with van der Waals surface area (Å²) in [6.45, 7) is 5.45. The normalized spacial score (nSPS) is 12.7. The summed E-state index contributed by atoms with van der Waals surface area (Å²) in [4.78, 5) is 4.32. The molecule has 0 aliphatic heterocycles. The molecule has 1 aromatic carbocycles. The molecule has 4 heteroatoms. The Labute approximate surface area is 112 Å². The van der Waals surface area contributed by atoms with E-state index in [4.69, 9.17) is 0 Å². The highest BCUT2D eigenvalue weighted by molar-refractivity contribution is 5.46. The van der Waals surface area contributed by atoms with Crippen LogP contribution in [0.15, 0.2) is 24.5 Å². The Morgan fingerprint density at radius 1 is 1.42 bits per heavy atom. The third-order valence-electron chi connectivity index (χ3n) is 3.21. The second-order valence-electron chi connectivity index (χ2n) is 4.80. The molecule has 0 saturated carbocycles. The Bertz CT molecular complexity index is 576. The van der Waals surface area contributed by atoms with Crippen LogP contribution >= 0.6 is 0 Å². The summed E-state index contributed by atoms with van der Waals surface area (Å²) in [5.41, 5.74) is 1.95. The summed E-state index contributed by atoms with van der Waals surface area (Å²) in [5, 5.41) is 9.84. The van der Waals surface area contributed by atoms with Gasteiger partial charge in [-0.3, -0.25) is 0 Å². The number of benzene rings is 1. The van der Waals surface area contributed by atoms with Crippen molar-refractivity contribution in [3.63, 3.8) is 0 Å². The van der Waals surface area contributed by atoms with Crippen molar-refractivity contribution >= 4 is 0 Å². The molecule has 1 N–H and O–H groups in total. The van der Waals surface area contributed by atoms with E-state index >= 15 is 0 Å². The van der Waals surface area contributed by atoms with Crippen molar-refractivity contribution in [2.24, 2.45) is 0 Å². The molecule has 0 spiro atoms. The van der Waals surface area contributed by atoms with Crippen LogP contribution in [0, 0.1) is 12.7 Å². The third-order valence-corrected chi connectivity index (χ3v) is 3.21. The molecule has 1 aromatic heterocycles. The van der Waals surface area contributed by atoms with E-state index in [-0.39, 0.29) is 5.82 Å². The van der Waals surface area contributed by atoms with Gasteiger partial charge < -0.3 is 9.67 Å². The number of aryl methyl sites for hydroxylation is 2. The number of halogens is 1. The van der Waals surface area contributed by atoms with Crippen LogP contribution in [0.5, 0.6) is 0 Å². The van der Waals surface area contributed by atoms with Gasteiger partial charge in [-0.2, -0.15) is 0 Å². The van der Waals surface area contributed by atoms with Gasteiger partial charge in [-0.15, -0.1) is 0 Å². The van der Waals surface area contributed by atoms with E-state index in [0.29, 0.717) is 11.1 Å². The molecule has 1 heterocycles. The van der Waals surface area contributed by atoms with Crippen molar-refractivity contribution in [2.45, 2.75) is 39.7 Å². The summed E-state index contributed by atoms with van der Waals surface area (Å²) in [6.07, 6.45) is 4.70. The average Bonchev–Trinajstić information content (AvgIpc) is 2.80. The van der Waals surface area contributed by atoms with Crippen LogP contribution in [0.25, 0.3) is 5.69 Å².